The van der Waals surface area contributed by atoms with Crippen LogP contribution in [0.3, 0.4) is 0 Å². The monoisotopic (exact) mass is 321 g/mol. The van der Waals surface area contributed by atoms with Crippen molar-refractivity contribution in [2.24, 2.45) is 10.9 Å². The number of hydrogen-bond donors (Lipinski definition) is 1. The van der Waals surface area contributed by atoms with E-state index in [1.807, 2.05) is 0 Å². The van der Waals surface area contributed by atoms with Gasteiger partial charge in [-0.3, -0.25) is 9.59 Å². The Labute approximate surface area is 131 Å². The lowest BCUT2D eigenvalue weighted by Gasteiger charge is -2.20. The molecule has 23 heavy (non-hydrogen) atoms. The predicted octanol–water partition coefficient (Wildman–Crippen LogP) is 0.557. The van der Waals surface area contributed by atoms with Crippen LogP contribution < -0.4 is 10.6 Å². The van der Waals surface area contributed by atoms with Crippen LogP contribution in [0.5, 0.6) is 0 Å². The number of halogens is 1. The van der Waals surface area contributed by atoms with Crippen molar-refractivity contribution in [2.45, 2.75) is 18.9 Å². The molecule has 0 aromatic heterocycles. The van der Waals surface area contributed by atoms with E-state index < -0.39 is 17.8 Å². The number of ether oxygens (including phenoxy) is 1. The molecule has 1 aromatic rings. The minimum Gasteiger partial charge on any atom is -0.382 e. The topological polar surface area (TPSA) is 94.2 Å². The summed E-state index contributed by atoms with van der Waals surface area (Å²) >= 11 is 0. The van der Waals surface area contributed by atoms with Crippen molar-refractivity contribution in [3.8, 4) is 0 Å². The van der Waals surface area contributed by atoms with Gasteiger partial charge in [-0.25, -0.2) is 4.39 Å². The highest BCUT2D eigenvalue weighted by Gasteiger charge is 2.28. The van der Waals surface area contributed by atoms with Gasteiger partial charge in [-0.1, -0.05) is 5.16 Å². The molecule has 2 heterocycles. The first-order valence-electron chi connectivity index (χ1n) is 7.26. The second-order valence-electron chi connectivity index (χ2n) is 5.31. The van der Waals surface area contributed by atoms with Crippen molar-refractivity contribution in [3.05, 3.63) is 29.6 Å². The van der Waals surface area contributed by atoms with Crippen molar-refractivity contribution in [1.29, 1.82) is 0 Å². The van der Waals surface area contributed by atoms with Gasteiger partial charge in [-0.15, -0.1) is 0 Å². The lowest BCUT2D eigenvalue weighted by atomic mass is 10.0. The summed E-state index contributed by atoms with van der Waals surface area (Å²) in [6.07, 6.45) is -0.472. The van der Waals surface area contributed by atoms with E-state index in [1.165, 1.54) is 17.0 Å². The second-order valence-corrected chi connectivity index (χ2v) is 5.31. The van der Waals surface area contributed by atoms with Crippen LogP contribution in [0.1, 0.15) is 18.4 Å². The molecule has 0 radical (unpaired) electrons. The average molecular weight is 321 g/mol. The number of rotatable bonds is 3. The zero-order valence-corrected chi connectivity index (χ0v) is 12.3. The van der Waals surface area contributed by atoms with Crippen LogP contribution in [-0.2, 0) is 19.2 Å². The molecule has 7 nitrogen and oxygen atoms in total. The lowest BCUT2D eigenvalue weighted by Crippen LogP contribution is -2.31. The summed E-state index contributed by atoms with van der Waals surface area (Å²) in [6.45, 7) is 1.17. The van der Waals surface area contributed by atoms with E-state index in [-0.39, 0.29) is 24.3 Å². The zero-order valence-electron chi connectivity index (χ0n) is 12.3. The van der Waals surface area contributed by atoms with Gasteiger partial charge in [0.1, 0.15) is 5.82 Å². The first-order valence-corrected chi connectivity index (χ1v) is 7.26. The molecule has 122 valence electrons. The Kier molecular flexibility index (Phi) is 4.24. The van der Waals surface area contributed by atoms with Gasteiger partial charge >= 0.3 is 0 Å². The van der Waals surface area contributed by atoms with E-state index in [4.69, 9.17) is 15.3 Å². The van der Waals surface area contributed by atoms with Gasteiger partial charge in [0, 0.05) is 24.2 Å². The largest absolute Gasteiger partial charge is 0.382 e. The van der Waals surface area contributed by atoms with E-state index in [2.05, 4.69) is 5.16 Å². The molecular formula is C15H16FN3O4. The number of carbonyl (C=O) groups is 2. The Bertz CT molecular complexity index is 677. The molecule has 1 aromatic carbocycles. The van der Waals surface area contributed by atoms with Gasteiger partial charge in [-0.2, -0.15) is 0 Å². The first-order chi connectivity index (χ1) is 11.1. The average Bonchev–Trinajstić information content (AvgIpc) is 2.91. The van der Waals surface area contributed by atoms with E-state index in [9.17, 15) is 14.0 Å². The molecule has 0 aliphatic carbocycles. The predicted molar refractivity (Wildman–Crippen MR) is 79.4 cm³/mol. The Morgan fingerprint density at radius 3 is 2.91 bits per heavy atom. The molecule has 0 bridgehead atoms. The molecule has 0 saturated carbocycles. The Hall–Kier alpha value is -2.48. The van der Waals surface area contributed by atoms with Gasteiger partial charge in [-0.05, 0) is 18.2 Å². The van der Waals surface area contributed by atoms with Gasteiger partial charge in [0.05, 0.1) is 25.3 Å². The number of carbonyl (C=O) groups excluding carboxylic acids is 2. The van der Waals surface area contributed by atoms with Crippen LogP contribution in [0.15, 0.2) is 23.4 Å². The maximum absolute atomic E-state index is 14.4. The molecule has 2 amide bonds. The molecule has 1 fully saturated rings. The number of nitrogens with two attached hydrogens (primary N) is 1. The summed E-state index contributed by atoms with van der Waals surface area (Å²) < 4.78 is 19.6. The van der Waals surface area contributed by atoms with E-state index in [0.717, 1.165) is 0 Å². The summed E-state index contributed by atoms with van der Waals surface area (Å²) in [7, 11) is 0. The van der Waals surface area contributed by atoms with Crippen molar-refractivity contribution in [1.82, 2.24) is 0 Å². The van der Waals surface area contributed by atoms with Crippen LogP contribution in [-0.4, -0.2) is 43.4 Å². The van der Waals surface area contributed by atoms with Gasteiger partial charge in [0.15, 0.2) is 0 Å². The normalized spacial score (nSPS) is 21.6. The second kappa shape index (κ2) is 6.33. The minimum absolute atomic E-state index is 0.106. The summed E-state index contributed by atoms with van der Waals surface area (Å²) in [5.41, 5.74) is 6.16. The van der Waals surface area contributed by atoms with Crippen molar-refractivity contribution >= 4 is 23.2 Å². The number of oxime groups is 1. The fraction of sp³-hybridized carbons (Fsp3) is 0.400. The van der Waals surface area contributed by atoms with E-state index in [1.54, 1.807) is 6.07 Å². The maximum atomic E-state index is 14.4. The fourth-order valence-electron chi connectivity index (χ4n) is 2.55. The summed E-state index contributed by atoms with van der Waals surface area (Å²) in [5.74, 6) is -1.28. The molecule has 1 unspecified atom stereocenters. The molecule has 2 N–H and O–H groups in total. The third kappa shape index (κ3) is 3.16. The SMILES string of the molecule is NC(=O)C1CC(c2ccc(N3CCOCCC3=O)cc2F)=NO1. The third-order valence-corrected chi connectivity index (χ3v) is 3.78. The van der Waals surface area contributed by atoms with Crippen LogP contribution in [0.2, 0.25) is 0 Å². The molecule has 2 aliphatic rings. The highest BCUT2D eigenvalue weighted by molar-refractivity contribution is 6.04. The first kappa shape index (κ1) is 15.4. The van der Waals surface area contributed by atoms with Gasteiger partial charge in [0.2, 0.25) is 12.0 Å². The van der Waals surface area contributed by atoms with Crippen molar-refractivity contribution in [2.75, 3.05) is 24.7 Å². The van der Waals surface area contributed by atoms with E-state index in [0.29, 0.717) is 31.2 Å². The van der Waals surface area contributed by atoms with Crippen LogP contribution >= 0.6 is 0 Å². The van der Waals surface area contributed by atoms with Gasteiger partial charge < -0.3 is 20.2 Å². The molecule has 0 spiro atoms. The summed E-state index contributed by atoms with van der Waals surface area (Å²) in [6, 6.07) is 4.44. The Balaban J connectivity index is 1.81. The molecule has 1 atom stereocenters. The zero-order chi connectivity index (χ0) is 16.4. The standard InChI is InChI=1S/C15H16FN3O4/c16-11-7-9(19-4-6-22-5-3-14(19)20)1-2-10(11)12-8-13(15(17)21)23-18-12/h1-2,7,13H,3-6,8H2,(H2,17,21). The maximum Gasteiger partial charge on any atom is 0.261 e. The quantitative estimate of drug-likeness (QED) is 0.880. The van der Waals surface area contributed by atoms with Crippen LogP contribution in [0.25, 0.3) is 0 Å². The Morgan fingerprint density at radius 1 is 1.39 bits per heavy atom. The summed E-state index contributed by atoms with van der Waals surface area (Å²) in [5, 5.41) is 3.72. The smallest absolute Gasteiger partial charge is 0.261 e. The minimum atomic E-state index is -0.867. The highest BCUT2D eigenvalue weighted by atomic mass is 19.1. The number of benzene rings is 1. The number of primary amides is 1. The third-order valence-electron chi connectivity index (χ3n) is 3.78. The number of hydrogen-bond acceptors (Lipinski definition) is 5. The molecule has 1 saturated heterocycles. The van der Waals surface area contributed by atoms with E-state index >= 15 is 0 Å². The molecule has 8 heteroatoms. The molecule has 2 aliphatic heterocycles. The fourth-order valence-corrected chi connectivity index (χ4v) is 2.55. The van der Waals surface area contributed by atoms with Crippen molar-refractivity contribution in [3.63, 3.8) is 0 Å². The lowest BCUT2D eigenvalue weighted by molar-refractivity contribution is -0.127. The number of anilines is 1. The molecular weight excluding hydrogens is 305 g/mol. The number of amides is 2. The number of nitrogens with zero attached hydrogens (tertiary/aromatic N) is 2. The summed E-state index contributed by atoms with van der Waals surface area (Å²) in [4.78, 5) is 29.5. The van der Waals surface area contributed by atoms with Crippen LogP contribution in [0.4, 0.5) is 10.1 Å². The van der Waals surface area contributed by atoms with Crippen molar-refractivity contribution < 1.29 is 23.6 Å². The molecule has 3 rings (SSSR count). The van der Waals surface area contributed by atoms with Gasteiger partial charge in [0.25, 0.3) is 5.91 Å². The van der Waals surface area contributed by atoms with Crippen LogP contribution in [0, 0.1) is 5.82 Å². The Morgan fingerprint density at radius 2 is 2.22 bits per heavy atom. The highest BCUT2D eigenvalue weighted by Crippen LogP contribution is 2.24.